The highest BCUT2D eigenvalue weighted by atomic mass is 31.2. The molecule has 0 aromatic carbocycles. The molecule has 0 saturated heterocycles. The summed E-state index contributed by atoms with van der Waals surface area (Å²) in [5, 5.41) is 10.7. The number of phosphoric ester groups is 1. The van der Waals surface area contributed by atoms with Crippen LogP contribution in [0.5, 0.6) is 0 Å². The van der Waals surface area contributed by atoms with Gasteiger partial charge in [-0.3, -0.25) is 9.05 Å². The van der Waals surface area contributed by atoms with Crippen LogP contribution in [0.4, 0.5) is 0 Å². The second kappa shape index (κ2) is 11.8. The third-order valence-corrected chi connectivity index (χ3v) is 9.09. The highest BCUT2D eigenvalue weighted by molar-refractivity contribution is 7.47. The van der Waals surface area contributed by atoms with Crippen LogP contribution in [0, 0.1) is 29.6 Å². The zero-order valence-electron chi connectivity index (χ0n) is 18.8. The molecular weight excluding hydrogens is 401 g/mol. The first kappa shape index (κ1) is 24.7. The largest absolute Gasteiger partial charge is 0.472 e. The van der Waals surface area contributed by atoms with E-state index in [1.807, 2.05) is 0 Å². The molecule has 8 unspecified atom stereocenters. The van der Waals surface area contributed by atoms with Crippen molar-refractivity contribution >= 4 is 7.82 Å². The summed E-state index contributed by atoms with van der Waals surface area (Å²) in [5.41, 5.74) is 5.37. The van der Waals surface area contributed by atoms with Crippen molar-refractivity contribution in [1.29, 1.82) is 0 Å². The van der Waals surface area contributed by atoms with Gasteiger partial charge >= 0.3 is 7.82 Å². The van der Waals surface area contributed by atoms with E-state index in [0.29, 0.717) is 23.7 Å². The molecule has 0 aliphatic heterocycles. The van der Waals surface area contributed by atoms with Gasteiger partial charge in [0.05, 0.1) is 18.8 Å². The Balaban J connectivity index is 1.54. The van der Waals surface area contributed by atoms with Gasteiger partial charge < -0.3 is 15.7 Å². The van der Waals surface area contributed by atoms with E-state index in [1.54, 1.807) is 0 Å². The number of phosphoric acid groups is 1. The van der Waals surface area contributed by atoms with Crippen LogP contribution in [0.3, 0.4) is 0 Å². The van der Waals surface area contributed by atoms with E-state index in [-0.39, 0.29) is 25.4 Å². The maximum Gasteiger partial charge on any atom is 0.472 e. The maximum atomic E-state index is 12.1. The average Bonchev–Trinajstić information content (AvgIpc) is 2.74. The molecule has 3 fully saturated rings. The monoisotopic (exact) mass is 445 g/mol. The Morgan fingerprint density at radius 2 is 1.67 bits per heavy atom. The second-order valence-corrected chi connectivity index (χ2v) is 11.5. The molecule has 0 aromatic rings. The molecule has 3 aliphatic carbocycles. The van der Waals surface area contributed by atoms with Crippen molar-refractivity contribution in [3.8, 4) is 0 Å². The first-order valence-electron chi connectivity index (χ1n) is 12.5. The van der Waals surface area contributed by atoms with Gasteiger partial charge in [-0.15, -0.1) is 0 Å². The number of hydrogen-bond acceptors (Lipinski definition) is 5. The summed E-state index contributed by atoms with van der Waals surface area (Å²) < 4.78 is 22.6. The van der Waals surface area contributed by atoms with Gasteiger partial charge in [-0.05, 0) is 74.5 Å². The lowest BCUT2D eigenvalue weighted by atomic mass is 9.63. The minimum atomic E-state index is -4.01. The van der Waals surface area contributed by atoms with Crippen molar-refractivity contribution < 1.29 is 23.6 Å². The van der Waals surface area contributed by atoms with Gasteiger partial charge in [0.25, 0.3) is 0 Å². The highest BCUT2D eigenvalue weighted by Gasteiger charge is 2.40. The molecule has 4 N–H and O–H groups in total. The lowest BCUT2D eigenvalue weighted by molar-refractivity contribution is -0.0129. The van der Waals surface area contributed by atoms with Gasteiger partial charge in [-0.1, -0.05) is 45.4 Å². The van der Waals surface area contributed by atoms with Gasteiger partial charge in [-0.2, -0.15) is 0 Å². The Morgan fingerprint density at radius 1 is 0.967 bits per heavy atom. The van der Waals surface area contributed by atoms with Crippen molar-refractivity contribution in [3.63, 3.8) is 0 Å². The minimum Gasteiger partial charge on any atom is -0.393 e. The molecule has 0 radical (unpaired) electrons. The molecule has 30 heavy (non-hydrogen) atoms. The van der Waals surface area contributed by atoms with Crippen LogP contribution in [0.2, 0.25) is 0 Å². The third kappa shape index (κ3) is 7.02. The predicted molar refractivity (Wildman–Crippen MR) is 119 cm³/mol. The smallest absolute Gasteiger partial charge is 0.393 e. The standard InChI is InChI=1S/C23H44NO5P/c1-2-5-17-10-11-23(25)22(14-17)20-8-3-6-18(15-20)19-7-4-9-21(16-19)29-30(26,27)28-13-12-24/h17-23,25H,2-16,24H2,1H3,(H,26,27). The maximum absolute atomic E-state index is 12.1. The van der Waals surface area contributed by atoms with Crippen LogP contribution in [0.25, 0.3) is 0 Å². The van der Waals surface area contributed by atoms with E-state index in [4.69, 9.17) is 14.8 Å². The molecular formula is C23H44NO5P. The van der Waals surface area contributed by atoms with Crippen molar-refractivity contribution in [2.75, 3.05) is 13.2 Å². The quantitative estimate of drug-likeness (QED) is 0.431. The number of aliphatic hydroxyl groups is 1. The summed E-state index contributed by atoms with van der Waals surface area (Å²) in [6, 6.07) is 0. The fourth-order valence-electron chi connectivity index (χ4n) is 6.63. The first-order valence-corrected chi connectivity index (χ1v) is 13.9. The van der Waals surface area contributed by atoms with Crippen LogP contribution in [0.1, 0.15) is 90.4 Å². The van der Waals surface area contributed by atoms with E-state index < -0.39 is 7.82 Å². The summed E-state index contributed by atoms with van der Waals surface area (Å²) in [6.45, 7) is 2.51. The molecule has 6 nitrogen and oxygen atoms in total. The SMILES string of the molecule is CCCC1CCC(O)C(C2CCCC(C3CCCC(OP(=O)(O)OCCN)C3)C2)C1. The van der Waals surface area contributed by atoms with Gasteiger partial charge in [0.1, 0.15) is 0 Å². The highest BCUT2D eigenvalue weighted by Crippen LogP contribution is 2.50. The molecule has 176 valence electrons. The Morgan fingerprint density at radius 3 is 2.40 bits per heavy atom. The van der Waals surface area contributed by atoms with Crippen LogP contribution in [-0.2, 0) is 13.6 Å². The molecule has 0 aromatic heterocycles. The molecule has 3 aliphatic rings. The fourth-order valence-corrected chi connectivity index (χ4v) is 7.60. The van der Waals surface area contributed by atoms with Crippen LogP contribution >= 0.6 is 7.82 Å². The molecule has 0 spiro atoms. The Hall–Kier alpha value is 0.0300. The van der Waals surface area contributed by atoms with Crippen LogP contribution in [0.15, 0.2) is 0 Å². The topological polar surface area (TPSA) is 102 Å². The summed E-state index contributed by atoms with van der Waals surface area (Å²) >= 11 is 0. The zero-order valence-corrected chi connectivity index (χ0v) is 19.7. The Labute approximate surface area is 182 Å². The predicted octanol–water partition coefficient (Wildman–Crippen LogP) is 5.02. The van der Waals surface area contributed by atoms with Gasteiger partial charge in [0, 0.05) is 6.54 Å². The number of aliphatic hydroxyl groups excluding tert-OH is 1. The summed E-state index contributed by atoms with van der Waals surface area (Å²) in [5.74, 6) is 3.10. The molecule has 3 saturated carbocycles. The van der Waals surface area contributed by atoms with E-state index in [2.05, 4.69) is 6.92 Å². The Bertz CT molecular complexity index is 562. The third-order valence-electron chi connectivity index (χ3n) is 8.02. The molecule has 7 heteroatoms. The van der Waals surface area contributed by atoms with E-state index in [9.17, 15) is 14.6 Å². The molecule has 0 amide bonds. The van der Waals surface area contributed by atoms with Crippen LogP contribution in [-0.4, -0.2) is 35.4 Å². The normalized spacial score (nSPS) is 40.1. The second-order valence-electron chi connectivity index (χ2n) is 10.1. The molecule has 8 atom stereocenters. The number of rotatable bonds is 9. The first-order chi connectivity index (χ1) is 14.4. The summed E-state index contributed by atoms with van der Waals surface area (Å²) in [4.78, 5) is 9.93. The van der Waals surface area contributed by atoms with E-state index in [0.717, 1.165) is 31.6 Å². The van der Waals surface area contributed by atoms with Gasteiger partial charge in [0.15, 0.2) is 0 Å². The van der Waals surface area contributed by atoms with Crippen molar-refractivity contribution in [1.82, 2.24) is 0 Å². The van der Waals surface area contributed by atoms with Gasteiger partial charge in [0.2, 0.25) is 0 Å². The van der Waals surface area contributed by atoms with E-state index >= 15 is 0 Å². The van der Waals surface area contributed by atoms with Gasteiger partial charge in [-0.25, -0.2) is 4.57 Å². The molecule has 3 rings (SSSR count). The van der Waals surface area contributed by atoms with Crippen molar-refractivity contribution in [2.24, 2.45) is 35.3 Å². The Kier molecular flexibility index (Phi) is 9.67. The summed E-state index contributed by atoms with van der Waals surface area (Å²) in [7, 11) is -4.01. The zero-order chi connectivity index (χ0) is 21.6. The average molecular weight is 446 g/mol. The summed E-state index contributed by atoms with van der Waals surface area (Å²) in [6.07, 6.45) is 14.4. The molecule has 0 heterocycles. The molecule has 0 bridgehead atoms. The minimum absolute atomic E-state index is 0.0387. The van der Waals surface area contributed by atoms with Crippen molar-refractivity contribution in [3.05, 3.63) is 0 Å². The number of nitrogens with two attached hydrogens (primary N) is 1. The van der Waals surface area contributed by atoms with E-state index in [1.165, 1.54) is 57.8 Å². The number of hydrogen-bond donors (Lipinski definition) is 3. The van der Waals surface area contributed by atoms with Crippen molar-refractivity contribution in [2.45, 2.75) is 103 Å². The lowest BCUT2D eigenvalue weighted by Gasteiger charge is -2.44. The lowest BCUT2D eigenvalue weighted by Crippen LogP contribution is -2.38. The fraction of sp³-hybridized carbons (Fsp3) is 1.00. The van der Waals surface area contributed by atoms with Crippen LogP contribution < -0.4 is 5.73 Å².